The van der Waals surface area contributed by atoms with Gasteiger partial charge in [0, 0.05) is 6.07 Å². The normalized spacial score (nSPS) is 13.8. The number of aliphatic hydroxyl groups is 1. The smallest absolute Gasteiger partial charge is 0.237 e. The van der Waals surface area contributed by atoms with Crippen LogP contribution in [-0.2, 0) is 4.79 Å². The van der Waals surface area contributed by atoms with Gasteiger partial charge in [0.05, 0.1) is 25.8 Å². The first-order valence-electron chi connectivity index (χ1n) is 5.49. The van der Waals surface area contributed by atoms with Crippen molar-refractivity contribution in [2.24, 2.45) is 5.73 Å². The number of ether oxygens (including phenoxy) is 1. The van der Waals surface area contributed by atoms with Crippen molar-refractivity contribution in [3.8, 4) is 5.75 Å². The lowest BCUT2D eigenvalue weighted by molar-refractivity contribution is -0.123. The van der Waals surface area contributed by atoms with E-state index < -0.39 is 23.8 Å². The van der Waals surface area contributed by atoms with E-state index in [2.05, 4.69) is 5.32 Å². The minimum atomic E-state index is -0.715. The standard InChI is InChI=1S/C12H17FN2O3/c1-7(14)12(17)15-11(6-16)8-3-9(13)5-10(4-8)18-2/h3-5,7,11,16H,6,14H2,1-2H3,(H,15,17)/t7-,11-/m1/s1. The van der Waals surface area contributed by atoms with Crippen molar-refractivity contribution in [1.82, 2.24) is 5.32 Å². The van der Waals surface area contributed by atoms with E-state index in [0.29, 0.717) is 11.3 Å². The summed E-state index contributed by atoms with van der Waals surface area (Å²) in [6, 6.07) is 2.57. The summed E-state index contributed by atoms with van der Waals surface area (Å²) < 4.78 is 18.2. The van der Waals surface area contributed by atoms with Gasteiger partial charge in [0.2, 0.25) is 5.91 Å². The van der Waals surface area contributed by atoms with E-state index in [-0.39, 0.29) is 6.61 Å². The fraction of sp³-hybridized carbons (Fsp3) is 0.417. The highest BCUT2D eigenvalue weighted by atomic mass is 19.1. The minimum absolute atomic E-state index is 0.318. The summed E-state index contributed by atoms with van der Waals surface area (Å²) in [6.45, 7) is 1.17. The third-order valence-corrected chi connectivity index (χ3v) is 2.44. The summed E-state index contributed by atoms with van der Waals surface area (Å²) in [7, 11) is 1.41. The van der Waals surface area contributed by atoms with Crippen molar-refractivity contribution in [2.45, 2.75) is 19.0 Å². The fourth-order valence-electron chi connectivity index (χ4n) is 1.44. The van der Waals surface area contributed by atoms with Gasteiger partial charge in [-0.2, -0.15) is 0 Å². The molecule has 5 nitrogen and oxygen atoms in total. The number of halogens is 1. The molecule has 0 spiro atoms. The molecule has 0 aliphatic carbocycles. The first kappa shape index (κ1) is 14.4. The molecule has 18 heavy (non-hydrogen) atoms. The Morgan fingerprint density at radius 3 is 2.72 bits per heavy atom. The van der Waals surface area contributed by atoms with Crippen LogP contribution in [0.2, 0.25) is 0 Å². The van der Waals surface area contributed by atoms with Crippen LogP contribution in [0.5, 0.6) is 5.75 Å². The number of benzene rings is 1. The second-order valence-electron chi connectivity index (χ2n) is 3.96. The molecule has 0 unspecified atom stereocenters. The molecule has 4 N–H and O–H groups in total. The zero-order valence-electron chi connectivity index (χ0n) is 10.3. The van der Waals surface area contributed by atoms with E-state index in [9.17, 15) is 14.3 Å². The highest BCUT2D eigenvalue weighted by molar-refractivity contribution is 5.81. The predicted octanol–water partition coefficient (Wildman–Crippen LogP) is 0.331. The van der Waals surface area contributed by atoms with Gasteiger partial charge in [-0.05, 0) is 24.6 Å². The van der Waals surface area contributed by atoms with Crippen LogP contribution in [0.1, 0.15) is 18.5 Å². The molecule has 1 aromatic carbocycles. The summed E-state index contributed by atoms with van der Waals surface area (Å²) in [4.78, 5) is 11.5. The molecular formula is C12H17FN2O3. The number of carbonyl (C=O) groups excluding carboxylic acids is 1. The van der Waals surface area contributed by atoms with Gasteiger partial charge in [0.25, 0.3) is 0 Å². The van der Waals surface area contributed by atoms with Gasteiger partial charge in [0.1, 0.15) is 11.6 Å². The lowest BCUT2D eigenvalue weighted by atomic mass is 10.1. The van der Waals surface area contributed by atoms with Crippen molar-refractivity contribution in [2.75, 3.05) is 13.7 Å². The van der Waals surface area contributed by atoms with Crippen LogP contribution in [0.25, 0.3) is 0 Å². The molecular weight excluding hydrogens is 239 g/mol. The quantitative estimate of drug-likeness (QED) is 0.709. The van der Waals surface area contributed by atoms with Gasteiger partial charge in [-0.3, -0.25) is 4.79 Å². The molecule has 0 bridgehead atoms. The van der Waals surface area contributed by atoms with Crippen LogP contribution in [0.15, 0.2) is 18.2 Å². The SMILES string of the molecule is COc1cc(F)cc([C@@H](CO)NC(=O)[C@@H](C)N)c1. The Bertz CT molecular complexity index is 424. The molecule has 0 aliphatic heterocycles. The molecule has 2 atom stereocenters. The zero-order valence-corrected chi connectivity index (χ0v) is 10.3. The maximum absolute atomic E-state index is 13.3. The molecule has 0 aliphatic rings. The Morgan fingerprint density at radius 1 is 1.56 bits per heavy atom. The number of aliphatic hydroxyl groups excluding tert-OH is 1. The highest BCUT2D eigenvalue weighted by Gasteiger charge is 2.17. The van der Waals surface area contributed by atoms with E-state index in [0.717, 1.165) is 0 Å². The zero-order chi connectivity index (χ0) is 13.7. The van der Waals surface area contributed by atoms with E-state index in [1.807, 2.05) is 0 Å². The monoisotopic (exact) mass is 256 g/mol. The summed E-state index contributed by atoms with van der Waals surface area (Å²) in [6.07, 6.45) is 0. The van der Waals surface area contributed by atoms with Gasteiger partial charge >= 0.3 is 0 Å². The summed E-state index contributed by atoms with van der Waals surface area (Å²) in [5.74, 6) is -0.603. The second kappa shape index (κ2) is 6.32. The Balaban J connectivity index is 2.94. The average Bonchev–Trinajstić information content (AvgIpc) is 2.34. The Morgan fingerprint density at radius 2 is 2.22 bits per heavy atom. The van der Waals surface area contributed by atoms with Gasteiger partial charge < -0.3 is 20.9 Å². The molecule has 0 heterocycles. The van der Waals surface area contributed by atoms with Gasteiger partial charge in [-0.15, -0.1) is 0 Å². The Kier molecular flexibility index (Phi) is 5.06. The molecule has 0 aromatic heterocycles. The maximum Gasteiger partial charge on any atom is 0.237 e. The molecule has 0 saturated heterocycles. The number of nitrogens with two attached hydrogens (primary N) is 1. The van der Waals surface area contributed by atoms with Gasteiger partial charge in [-0.1, -0.05) is 0 Å². The molecule has 0 saturated carbocycles. The Hall–Kier alpha value is -1.66. The van der Waals surface area contributed by atoms with Crippen molar-refractivity contribution in [1.29, 1.82) is 0 Å². The first-order chi connectivity index (χ1) is 8.47. The van der Waals surface area contributed by atoms with Crippen LogP contribution in [-0.4, -0.2) is 30.8 Å². The summed E-state index contributed by atoms with van der Waals surface area (Å²) in [5, 5.41) is 11.8. The fourth-order valence-corrected chi connectivity index (χ4v) is 1.44. The van der Waals surface area contributed by atoms with Crippen molar-refractivity contribution in [3.63, 3.8) is 0 Å². The molecule has 1 rings (SSSR count). The number of methoxy groups -OCH3 is 1. The lowest BCUT2D eigenvalue weighted by Crippen LogP contribution is -2.41. The van der Waals surface area contributed by atoms with E-state index >= 15 is 0 Å². The van der Waals surface area contributed by atoms with Crippen LogP contribution in [0.3, 0.4) is 0 Å². The topological polar surface area (TPSA) is 84.6 Å². The van der Waals surface area contributed by atoms with Crippen molar-refractivity contribution in [3.05, 3.63) is 29.6 Å². The van der Waals surface area contributed by atoms with Crippen LogP contribution in [0, 0.1) is 5.82 Å². The second-order valence-corrected chi connectivity index (χ2v) is 3.96. The highest BCUT2D eigenvalue weighted by Crippen LogP contribution is 2.21. The predicted molar refractivity (Wildman–Crippen MR) is 64.6 cm³/mol. The number of rotatable bonds is 5. The van der Waals surface area contributed by atoms with E-state index in [1.54, 1.807) is 6.07 Å². The third-order valence-electron chi connectivity index (χ3n) is 2.44. The number of hydrogen-bond donors (Lipinski definition) is 3. The molecule has 0 fully saturated rings. The summed E-state index contributed by atoms with van der Waals surface area (Å²) in [5.41, 5.74) is 5.83. The van der Waals surface area contributed by atoms with Crippen molar-refractivity contribution < 1.29 is 19.0 Å². The average molecular weight is 256 g/mol. The molecule has 1 aromatic rings. The number of hydrogen-bond acceptors (Lipinski definition) is 4. The van der Waals surface area contributed by atoms with Gasteiger partial charge in [-0.25, -0.2) is 4.39 Å². The number of amides is 1. The molecule has 6 heteroatoms. The largest absolute Gasteiger partial charge is 0.497 e. The first-order valence-corrected chi connectivity index (χ1v) is 5.49. The van der Waals surface area contributed by atoms with E-state index in [4.69, 9.17) is 10.5 Å². The molecule has 1 amide bonds. The Labute approximate surface area is 105 Å². The maximum atomic E-state index is 13.3. The van der Waals surface area contributed by atoms with E-state index in [1.165, 1.54) is 26.2 Å². The lowest BCUT2D eigenvalue weighted by Gasteiger charge is -2.18. The van der Waals surface area contributed by atoms with Gasteiger partial charge in [0.15, 0.2) is 0 Å². The number of nitrogens with one attached hydrogen (secondary N) is 1. The third kappa shape index (κ3) is 3.68. The number of carbonyl (C=O) groups is 1. The van der Waals surface area contributed by atoms with Crippen LogP contribution in [0.4, 0.5) is 4.39 Å². The van der Waals surface area contributed by atoms with Crippen molar-refractivity contribution >= 4 is 5.91 Å². The molecule has 0 radical (unpaired) electrons. The minimum Gasteiger partial charge on any atom is -0.497 e. The summed E-state index contributed by atoms with van der Waals surface area (Å²) >= 11 is 0. The van der Waals surface area contributed by atoms with Crippen LogP contribution < -0.4 is 15.8 Å². The molecule has 100 valence electrons. The van der Waals surface area contributed by atoms with Crippen LogP contribution >= 0.6 is 0 Å².